The van der Waals surface area contributed by atoms with E-state index in [1.54, 1.807) is 0 Å². The maximum atomic E-state index is 5.95. The lowest BCUT2D eigenvalue weighted by molar-refractivity contribution is 0.338. The maximum Gasteiger partial charge on any atom is 0.247 e. The fourth-order valence-electron chi connectivity index (χ4n) is 3.20. The number of halogens is 1. The van der Waals surface area contributed by atoms with E-state index in [1.165, 1.54) is 25.7 Å². The van der Waals surface area contributed by atoms with Crippen molar-refractivity contribution >= 4 is 28.9 Å². The van der Waals surface area contributed by atoms with E-state index in [0.717, 1.165) is 30.1 Å². The molecule has 0 aliphatic heterocycles. The van der Waals surface area contributed by atoms with Crippen LogP contribution in [0.2, 0.25) is 5.02 Å². The number of nitrogens with zero attached hydrogens (tertiary/aromatic N) is 3. The van der Waals surface area contributed by atoms with Crippen molar-refractivity contribution in [3.63, 3.8) is 0 Å². The highest BCUT2D eigenvalue weighted by molar-refractivity contribution is 7.80. The van der Waals surface area contributed by atoms with Crippen LogP contribution in [0.3, 0.4) is 0 Å². The smallest absolute Gasteiger partial charge is 0.247 e. The summed E-state index contributed by atoms with van der Waals surface area (Å²) in [4.78, 5) is 2.20. The van der Waals surface area contributed by atoms with E-state index in [2.05, 4.69) is 34.3 Å². The molecular weight excluding hydrogens is 392 g/mol. The van der Waals surface area contributed by atoms with Crippen molar-refractivity contribution in [3.8, 4) is 11.5 Å². The molecule has 7 heteroatoms. The van der Waals surface area contributed by atoms with Crippen LogP contribution in [-0.4, -0.2) is 32.8 Å². The summed E-state index contributed by atoms with van der Waals surface area (Å²) in [5.74, 6) is 1.75. The average Bonchev–Trinajstić information content (AvgIpc) is 3.44. The molecule has 1 aromatic carbocycles. The minimum atomic E-state index is 0.474. The SMILES string of the molecule is CCCC[C@@H](CC)CNC(=S)N(Cc1nnc(-c2ccc(Cl)cc2)o1)C1CC1. The zero-order chi connectivity index (χ0) is 19.9. The molecule has 0 bridgehead atoms. The van der Waals surface area contributed by atoms with Crippen LogP contribution in [0.15, 0.2) is 28.7 Å². The normalized spacial score (nSPS) is 14.7. The van der Waals surface area contributed by atoms with Gasteiger partial charge in [0.1, 0.15) is 0 Å². The van der Waals surface area contributed by atoms with Crippen LogP contribution in [0.5, 0.6) is 0 Å². The van der Waals surface area contributed by atoms with Gasteiger partial charge in [0.05, 0.1) is 6.54 Å². The van der Waals surface area contributed by atoms with Crippen molar-refractivity contribution < 1.29 is 4.42 Å². The Morgan fingerprint density at radius 2 is 2.04 bits per heavy atom. The van der Waals surface area contributed by atoms with Crippen LogP contribution >= 0.6 is 23.8 Å². The van der Waals surface area contributed by atoms with Crippen molar-refractivity contribution in [1.29, 1.82) is 0 Å². The molecule has 1 aliphatic carbocycles. The average molecular weight is 421 g/mol. The van der Waals surface area contributed by atoms with E-state index >= 15 is 0 Å². The second-order valence-electron chi connectivity index (χ2n) is 7.47. The van der Waals surface area contributed by atoms with Gasteiger partial charge in [-0.05, 0) is 61.7 Å². The van der Waals surface area contributed by atoms with Crippen LogP contribution < -0.4 is 5.32 Å². The second kappa shape index (κ2) is 10.2. The molecule has 1 N–H and O–H groups in total. The molecule has 5 nitrogen and oxygen atoms in total. The van der Waals surface area contributed by atoms with Gasteiger partial charge in [0, 0.05) is 23.2 Å². The fraction of sp³-hybridized carbons (Fsp3) is 0.571. The third-order valence-electron chi connectivity index (χ3n) is 5.20. The van der Waals surface area contributed by atoms with Crippen molar-refractivity contribution in [3.05, 3.63) is 35.2 Å². The molecule has 0 unspecified atom stereocenters. The molecule has 0 radical (unpaired) electrons. The lowest BCUT2D eigenvalue weighted by Gasteiger charge is -2.26. The summed E-state index contributed by atoms with van der Waals surface area (Å²) in [7, 11) is 0. The van der Waals surface area contributed by atoms with Gasteiger partial charge in [0.25, 0.3) is 0 Å². The first kappa shape index (κ1) is 21.1. The van der Waals surface area contributed by atoms with Gasteiger partial charge in [-0.3, -0.25) is 0 Å². The van der Waals surface area contributed by atoms with Crippen molar-refractivity contribution in [2.75, 3.05) is 6.54 Å². The van der Waals surface area contributed by atoms with Gasteiger partial charge in [0.2, 0.25) is 11.8 Å². The summed E-state index contributed by atoms with van der Waals surface area (Å²) < 4.78 is 5.87. The van der Waals surface area contributed by atoms with Gasteiger partial charge >= 0.3 is 0 Å². The van der Waals surface area contributed by atoms with Crippen LogP contribution in [0.4, 0.5) is 0 Å². The summed E-state index contributed by atoms with van der Waals surface area (Å²) in [5, 5.41) is 13.4. The third-order valence-corrected chi connectivity index (χ3v) is 5.83. The lowest BCUT2D eigenvalue weighted by atomic mass is 9.99. The number of rotatable bonds is 10. The van der Waals surface area contributed by atoms with Crippen molar-refractivity contribution in [2.45, 2.75) is 65.0 Å². The Kier molecular flexibility index (Phi) is 7.68. The molecule has 28 heavy (non-hydrogen) atoms. The Labute approximate surface area is 177 Å². The fourth-order valence-corrected chi connectivity index (χ4v) is 3.62. The Morgan fingerprint density at radius 3 is 2.68 bits per heavy atom. The van der Waals surface area contributed by atoms with Crippen LogP contribution in [0, 0.1) is 5.92 Å². The number of thiocarbonyl (C=S) groups is 1. The highest BCUT2D eigenvalue weighted by Crippen LogP contribution is 2.29. The molecule has 1 aliphatic rings. The zero-order valence-electron chi connectivity index (χ0n) is 16.7. The Morgan fingerprint density at radius 1 is 1.29 bits per heavy atom. The topological polar surface area (TPSA) is 54.2 Å². The van der Waals surface area contributed by atoms with Gasteiger partial charge < -0.3 is 14.6 Å². The van der Waals surface area contributed by atoms with E-state index < -0.39 is 0 Å². The molecule has 0 spiro atoms. The number of benzene rings is 1. The Hall–Kier alpha value is -1.66. The summed E-state index contributed by atoms with van der Waals surface area (Å²) in [6, 6.07) is 7.87. The molecule has 1 fully saturated rings. The first-order valence-electron chi connectivity index (χ1n) is 10.2. The molecule has 1 heterocycles. The minimum absolute atomic E-state index is 0.474. The molecule has 0 amide bonds. The van der Waals surface area contributed by atoms with Crippen LogP contribution in [-0.2, 0) is 6.54 Å². The molecule has 1 aromatic heterocycles. The molecular formula is C21H29ClN4OS. The standard InChI is InChI=1S/C21H29ClN4OS/c1-3-5-6-15(4-2)13-23-21(28)26(18-11-12-18)14-19-24-25-20(27-19)16-7-9-17(22)10-8-16/h7-10,15,18H,3-6,11-14H2,1-2H3,(H,23,28)/t15-/m1/s1. The number of hydrogen-bond donors (Lipinski definition) is 1. The van der Waals surface area contributed by atoms with Crippen molar-refractivity contribution in [2.24, 2.45) is 5.92 Å². The van der Waals surface area contributed by atoms with Crippen LogP contribution in [0.25, 0.3) is 11.5 Å². The maximum absolute atomic E-state index is 5.95. The number of aromatic nitrogens is 2. The zero-order valence-corrected chi connectivity index (χ0v) is 18.2. The van der Waals surface area contributed by atoms with E-state index in [9.17, 15) is 0 Å². The molecule has 152 valence electrons. The summed E-state index contributed by atoms with van der Waals surface area (Å²) in [6.07, 6.45) is 7.25. The predicted molar refractivity (Wildman–Crippen MR) is 117 cm³/mol. The molecule has 1 saturated carbocycles. The third kappa shape index (κ3) is 5.92. The first-order chi connectivity index (χ1) is 13.6. The summed E-state index contributed by atoms with van der Waals surface area (Å²) in [5.41, 5.74) is 0.864. The van der Waals surface area contributed by atoms with Gasteiger partial charge in [0.15, 0.2) is 5.11 Å². The molecule has 1 atom stereocenters. The van der Waals surface area contributed by atoms with Gasteiger partial charge in [-0.15, -0.1) is 10.2 Å². The van der Waals surface area contributed by atoms with Gasteiger partial charge in [-0.1, -0.05) is 44.7 Å². The second-order valence-corrected chi connectivity index (χ2v) is 8.29. The van der Waals surface area contributed by atoms with E-state index in [0.29, 0.717) is 35.3 Å². The van der Waals surface area contributed by atoms with E-state index in [1.807, 2.05) is 24.3 Å². The summed E-state index contributed by atoms with van der Waals surface area (Å²) >= 11 is 11.6. The van der Waals surface area contributed by atoms with Gasteiger partial charge in [-0.25, -0.2) is 0 Å². The van der Waals surface area contributed by atoms with Gasteiger partial charge in [-0.2, -0.15) is 0 Å². The molecule has 3 rings (SSSR count). The lowest BCUT2D eigenvalue weighted by Crippen LogP contribution is -2.42. The highest BCUT2D eigenvalue weighted by atomic mass is 35.5. The minimum Gasteiger partial charge on any atom is -0.419 e. The quantitative estimate of drug-likeness (QED) is 0.516. The Balaban J connectivity index is 1.59. The monoisotopic (exact) mass is 420 g/mol. The van der Waals surface area contributed by atoms with E-state index in [4.69, 9.17) is 28.2 Å². The van der Waals surface area contributed by atoms with Crippen molar-refractivity contribution in [1.82, 2.24) is 20.4 Å². The number of hydrogen-bond acceptors (Lipinski definition) is 4. The Bertz CT molecular complexity index is 760. The molecule has 2 aromatic rings. The number of unbranched alkanes of at least 4 members (excludes halogenated alkanes) is 1. The molecule has 0 saturated heterocycles. The predicted octanol–water partition coefficient (Wildman–Crippen LogP) is 5.45. The van der Waals surface area contributed by atoms with E-state index in [-0.39, 0.29) is 0 Å². The number of nitrogens with one attached hydrogen (secondary N) is 1. The van der Waals surface area contributed by atoms with Crippen LogP contribution in [0.1, 0.15) is 58.3 Å². The summed E-state index contributed by atoms with van der Waals surface area (Å²) in [6.45, 7) is 5.96. The highest BCUT2D eigenvalue weighted by Gasteiger charge is 2.32. The first-order valence-corrected chi connectivity index (χ1v) is 11.0. The largest absolute Gasteiger partial charge is 0.419 e.